The highest BCUT2D eigenvalue weighted by molar-refractivity contribution is 6.01. The van der Waals surface area contributed by atoms with Gasteiger partial charge in [0.05, 0.1) is 6.04 Å². The highest BCUT2D eigenvalue weighted by Gasteiger charge is 2.38. The summed E-state index contributed by atoms with van der Waals surface area (Å²) >= 11 is 0. The summed E-state index contributed by atoms with van der Waals surface area (Å²) in [6, 6.07) is 11.3. The molecule has 3 aromatic rings. The summed E-state index contributed by atoms with van der Waals surface area (Å²) in [7, 11) is 0. The zero-order valence-corrected chi connectivity index (χ0v) is 35.5. The number of aliphatic hydroxyl groups is 1. The molecule has 0 spiro atoms. The highest BCUT2D eigenvalue weighted by Crippen LogP contribution is 2.41. The number of imide groups is 1. The molecule has 1 fully saturated rings. The number of halogens is 2. The van der Waals surface area contributed by atoms with Gasteiger partial charge in [-0.3, -0.25) is 28.8 Å². The van der Waals surface area contributed by atoms with Gasteiger partial charge in [0.15, 0.2) is 0 Å². The number of nitrogens with one attached hydrogen (secondary N) is 1. The van der Waals surface area contributed by atoms with Gasteiger partial charge in [0, 0.05) is 68.3 Å². The van der Waals surface area contributed by atoms with Crippen molar-refractivity contribution in [2.75, 3.05) is 19.7 Å². The van der Waals surface area contributed by atoms with Gasteiger partial charge in [-0.1, -0.05) is 65.0 Å². The van der Waals surface area contributed by atoms with E-state index in [1.807, 2.05) is 55.7 Å². The van der Waals surface area contributed by atoms with Gasteiger partial charge >= 0.3 is 5.97 Å². The Morgan fingerprint density at radius 1 is 0.902 bits per heavy atom. The number of benzene rings is 2. The second-order valence-electron chi connectivity index (χ2n) is 16.6. The quantitative estimate of drug-likeness (QED) is 0.138. The van der Waals surface area contributed by atoms with E-state index in [9.17, 15) is 43.1 Å². The first-order valence-corrected chi connectivity index (χ1v) is 20.3. The van der Waals surface area contributed by atoms with E-state index in [2.05, 4.69) is 5.32 Å². The van der Waals surface area contributed by atoms with E-state index in [4.69, 9.17) is 10.6 Å². The molecule has 1 aromatic heterocycles. The molecule has 61 heavy (non-hydrogen) atoms. The van der Waals surface area contributed by atoms with Crippen LogP contribution in [-0.2, 0) is 44.9 Å². The molecule has 1 aliphatic heterocycles. The summed E-state index contributed by atoms with van der Waals surface area (Å²) < 4.78 is 31.5. The van der Waals surface area contributed by atoms with Gasteiger partial charge in [0.2, 0.25) is 23.6 Å². The number of amides is 6. The van der Waals surface area contributed by atoms with Crippen LogP contribution in [0.1, 0.15) is 97.4 Å². The number of rotatable bonds is 20. The Morgan fingerprint density at radius 2 is 1.54 bits per heavy atom. The van der Waals surface area contributed by atoms with Crippen molar-refractivity contribution in [1.82, 2.24) is 24.7 Å². The van der Waals surface area contributed by atoms with Crippen LogP contribution < -0.4 is 11.1 Å². The summed E-state index contributed by atoms with van der Waals surface area (Å²) in [4.78, 5) is 96.8. The molecule has 1 saturated heterocycles. The predicted molar refractivity (Wildman–Crippen MR) is 219 cm³/mol. The molecular weight excluding hydrogens is 795 g/mol. The van der Waals surface area contributed by atoms with E-state index < -0.39 is 89.1 Å². The lowest BCUT2D eigenvalue weighted by molar-refractivity contribution is -0.197. The number of nitrogens with two attached hydrogens (primary N) is 1. The molecule has 4 N–H and O–H groups in total. The molecule has 4 rings (SSSR count). The van der Waals surface area contributed by atoms with Crippen LogP contribution in [0.4, 0.5) is 8.78 Å². The van der Waals surface area contributed by atoms with Crippen LogP contribution in [0.25, 0.3) is 11.1 Å². The Morgan fingerprint density at radius 3 is 2.13 bits per heavy atom. The molecule has 17 heteroatoms. The Hall–Kier alpha value is -5.97. The molecule has 2 heterocycles. The lowest BCUT2D eigenvalue weighted by atomic mass is 9.83. The summed E-state index contributed by atoms with van der Waals surface area (Å²) in [5.41, 5.74) is 6.85. The number of primary amides is 1. The first-order valence-electron chi connectivity index (χ1n) is 20.3. The van der Waals surface area contributed by atoms with E-state index in [0.29, 0.717) is 22.9 Å². The monoisotopic (exact) mass is 850 g/mol. The first-order chi connectivity index (χ1) is 28.7. The molecule has 0 saturated carbocycles. The van der Waals surface area contributed by atoms with E-state index in [1.165, 1.54) is 16.7 Å². The molecule has 6 amide bonds. The maximum Gasteiger partial charge on any atom is 0.333 e. The Bertz CT molecular complexity index is 2070. The number of hydrogen-bond donors (Lipinski definition) is 3. The van der Waals surface area contributed by atoms with E-state index in [-0.39, 0.29) is 57.2 Å². The summed E-state index contributed by atoms with van der Waals surface area (Å²) in [5.74, 6) is -6.53. The zero-order chi connectivity index (χ0) is 45.2. The Balaban J connectivity index is 1.57. The lowest BCUT2D eigenvalue weighted by Gasteiger charge is -2.41. The molecule has 0 unspecified atom stereocenters. The Kier molecular flexibility index (Phi) is 16.4. The maximum atomic E-state index is 15.2. The van der Waals surface area contributed by atoms with Crippen molar-refractivity contribution < 1.29 is 52.3 Å². The minimum atomic E-state index is -1.14. The van der Waals surface area contributed by atoms with Crippen molar-refractivity contribution in [3.8, 4) is 11.1 Å². The summed E-state index contributed by atoms with van der Waals surface area (Å²) in [6.07, 6.45) is 1.16. The van der Waals surface area contributed by atoms with Crippen LogP contribution >= 0.6 is 0 Å². The number of carbonyl (C=O) groups is 7. The van der Waals surface area contributed by atoms with Gasteiger partial charge in [-0.25, -0.2) is 13.6 Å². The summed E-state index contributed by atoms with van der Waals surface area (Å²) in [5, 5.41) is 13.4. The smallest absolute Gasteiger partial charge is 0.333 e. The van der Waals surface area contributed by atoms with Crippen LogP contribution in [0, 0.1) is 23.0 Å². The third kappa shape index (κ3) is 12.5. The van der Waals surface area contributed by atoms with Crippen molar-refractivity contribution in [1.29, 1.82) is 0 Å². The third-order valence-corrected chi connectivity index (χ3v) is 10.4. The first kappa shape index (κ1) is 47.7. The molecular formula is C44H56F2N6O9. The molecule has 0 radical (unpaired) electrons. The number of aromatic nitrogens is 1. The summed E-state index contributed by atoms with van der Waals surface area (Å²) in [6.45, 7) is 9.86. The highest BCUT2D eigenvalue weighted by atomic mass is 19.1. The SMILES string of the molecule is CC(C)[C@H](NC(=O)CCCC(=O)ON1C(=O)CCC1=O)C(=O)N(CCCN(C(=O)CO)[C@@H](c1cc(-c2cc(F)ccc2F)cn1Cc1ccccc1)C(C)(C)C)[C@@H](C)C(N)=O. The zero-order valence-electron chi connectivity index (χ0n) is 35.5. The van der Waals surface area contributed by atoms with Crippen LogP contribution in [0.2, 0.25) is 0 Å². The molecule has 2 aromatic carbocycles. The van der Waals surface area contributed by atoms with Gasteiger partial charge in [0.25, 0.3) is 11.8 Å². The third-order valence-electron chi connectivity index (χ3n) is 10.4. The van der Waals surface area contributed by atoms with E-state index in [1.54, 1.807) is 26.1 Å². The minimum Gasteiger partial charge on any atom is -0.387 e. The fourth-order valence-electron chi connectivity index (χ4n) is 7.30. The number of aliphatic hydroxyl groups excluding tert-OH is 1. The molecule has 0 bridgehead atoms. The topological polar surface area (TPSA) is 202 Å². The van der Waals surface area contributed by atoms with Gasteiger partial charge in [-0.15, -0.1) is 5.06 Å². The fourth-order valence-corrected chi connectivity index (χ4v) is 7.30. The van der Waals surface area contributed by atoms with Crippen LogP contribution in [-0.4, -0.2) is 97.7 Å². The Labute approximate surface area is 354 Å². The molecule has 330 valence electrons. The number of carbonyl (C=O) groups excluding carboxylic acids is 7. The fraction of sp³-hybridized carbons (Fsp3) is 0.477. The second-order valence-corrected chi connectivity index (χ2v) is 16.6. The molecule has 0 aliphatic carbocycles. The van der Waals surface area contributed by atoms with E-state index in [0.717, 1.165) is 23.8 Å². The van der Waals surface area contributed by atoms with Gasteiger partial charge < -0.3 is 35.4 Å². The van der Waals surface area contributed by atoms with Gasteiger partial charge in [0.1, 0.15) is 30.3 Å². The maximum absolute atomic E-state index is 15.2. The largest absolute Gasteiger partial charge is 0.387 e. The van der Waals surface area contributed by atoms with Gasteiger partial charge in [-0.2, -0.15) is 0 Å². The van der Waals surface area contributed by atoms with Crippen molar-refractivity contribution >= 4 is 41.4 Å². The average molecular weight is 851 g/mol. The second kappa shape index (κ2) is 21.0. The molecule has 15 nitrogen and oxygen atoms in total. The predicted octanol–water partition coefficient (Wildman–Crippen LogP) is 4.40. The van der Waals surface area contributed by atoms with Crippen molar-refractivity contribution in [2.45, 2.75) is 105 Å². The minimum absolute atomic E-state index is 0.0155. The average Bonchev–Trinajstić information content (AvgIpc) is 3.75. The number of nitrogens with zero attached hydrogens (tertiary/aromatic N) is 4. The van der Waals surface area contributed by atoms with Crippen LogP contribution in [0.3, 0.4) is 0 Å². The van der Waals surface area contributed by atoms with Crippen LogP contribution in [0.15, 0.2) is 60.8 Å². The van der Waals surface area contributed by atoms with Gasteiger partial charge in [-0.05, 0) is 60.9 Å². The van der Waals surface area contributed by atoms with Crippen molar-refractivity contribution in [3.05, 3.63) is 83.7 Å². The van der Waals surface area contributed by atoms with Crippen molar-refractivity contribution in [3.63, 3.8) is 0 Å². The molecule has 1 aliphatic rings. The number of hydroxylamine groups is 2. The van der Waals surface area contributed by atoms with E-state index >= 15 is 4.39 Å². The molecule has 3 atom stereocenters. The van der Waals surface area contributed by atoms with Crippen molar-refractivity contribution in [2.24, 2.45) is 17.1 Å². The standard InChI is InChI=1S/C44H56F2N6O9/c1-27(2)40(48-35(54)14-10-15-39(58)61-52-36(55)18-19-37(52)56)43(60)50(28(3)42(47)59)20-11-21-51(38(57)26-53)41(44(4,5)6)34-22-30(32-23-31(45)16-17-33(32)46)25-49(34)24-29-12-8-7-9-13-29/h7-9,12-13,16-17,22-23,25,27-28,40-41,53H,10-11,14-15,18-21,24,26H2,1-6H3,(H2,47,59)(H,48,54)/t28-,40-,41-/m0/s1. The normalized spacial score (nSPS) is 14.4. The van der Waals surface area contributed by atoms with Crippen LogP contribution in [0.5, 0.6) is 0 Å². The number of hydrogen-bond acceptors (Lipinski definition) is 9. The lowest BCUT2D eigenvalue weighted by Crippen LogP contribution is -2.56.